The summed E-state index contributed by atoms with van der Waals surface area (Å²) in [6, 6.07) is 32.4. The van der Waals surface area contributed by atoms with Crippen LogP contribution in [-0.4, -0.2) is 88.8 Å². The van der Waals surface area contributed by atoms with Crippen LogP contribution in [-0.2, 0) is 19.6 Å². The Hall–Kier alpha value is -2.58. The number of nitrogens with zero attached hydrogens (tertiary/aromatic N) is 3. The summed E-state index contributed by atoms with van der Waals surface area (Å²) in [7, 11) is 0. The van der Waals surface area contributed by atoms with Crippen molar-refractivity contribution < 1.29 is 29.9 Å². The Morgan fingerprint density at radius 1 is 0.289 bits per heavy atom. The average Bonchev–Trinajstić information content (AvgIpc) is 3.07. The minimum atomic E-state index is 0. The highest BCUT2D eigenvalue weighted by atomic mass is 16.0. The highest BCUT2D eigenvalue weighted by Crippen LogP contribution is 2.15. The summed E-state index contributed by atoms with van der Waals surface area (Å²) in [6.45, 7) is 35.1. The van der Waals surface area contributed by atoms with E-state index in [0.717, 1.165) is 0 Å². The van der Waals surface area contributed by atoms with Gasteiger partial charge < -0.3 is 29.9 Å². The molecule has 6 heteroatoms. The molecule has 45 heavy (non-hydrogen) atoms. The monoisotopic (exact) mass is 628 g/mol. The first-order chi connectivity index (χ1) is 20.3. The van der Waals surface area contributed by atoms with Gasteiger partial charge in [-0.2, -0.15) is 0 Å². The maximum absolute atomic E-state index is 2.29. The molecule has 0 spiro atoms. The van der Waals surface area contributed by atoms with Gasteiger partial charge >= 0.3 is 0 Å². The average molecular weight is 628 g/mol. The fourth-order valence-corrected chi connectivity index (χ4v) is 5.93. The maximum atomic E-state index is 2.29. The van der Waals surface area contributed by atoms with Gasteiger partial charge in [0.05, 0.1) is 58.9 Å². The predicted molar refractivity (Wildman–Crippen MR) is 192 cm³/mol. The van der Waals surface area contributed by atoms with E-state index in [0.29, 0.717) is 0 Å². The molecule has 3 rings (SSSR count). The maximum Gasteiger partial charge on any atom is 0.104 e. The number of hydrogen-bond acceptors (Lipinski definition) is 3. The molecule has 0 saturated carbocycles. The lowest BCUT2D eigenvalue weighted by Crippen LogP contribution is -2.46. The number of benzene rings is 3. The van der Waals surface area contributed by atoms with Gasteiger partial charge in [0.15, 0.2) is 0 Å². The van der Waals surface area contributed by atoms with Gasteiger partial charge in [0, 0.05) is 16.7 Å². The standard InChI is InChI=1S/3C13H22N.3H2O/c3*1-4-14(5-2,6-3)12-13-10-8-7-9-11-13;;;/h3*7-11H,4-6,12H2,1-3H3;3*1H2/q3*+1;;;/p-3. The van der Waals surface area contributed by atoms with E-state index < -0.39 is 0 Å². The summed E-state index contributed by atoms with van der Waals surface area (Å²) >= 11 is 0. The molecule has 0 aromatic heterocycles. The second-order valence-electron chi connectivity index (χ2n) is 11.8. The molecular formula is C39H69N3O3. The van der Waals surface area contributed by atoms with Crippen LogP contribution in [0.1, 0.15) is 79.0 Å². The van der Waals surface area contributed by atoms with Gasteiger partial charge in [-0.3, -0.25) is 0 Å². The van der Waals surface area contributed by atoms with Crippen molar-refractivity contribution in [1.82, 2.24) is 0 Å². The third kappa shape index (κ3) is 16.0. The Kier molecular flexibility index (Phi) is 26.6. The van der Waals surface area contributed by atoms with E-state index in [-0.39, 0.29) is 16.4 Å². The lowest BCUT2D eigenvalue weighted by Gasteiger charge is -2.35. The predicted octanol–water partition coefficient (Wildman–Crippen LogP) is 8.66. The Morgan fingerprint density at radius 3 is 0.578 bits per heavy atom. The van der Waals surface area contributed by atoms with Crippen molar-refractivity contribution in [2.75, 3.05) is 58.9 Å². The molecular weight excluding hydrogens is 558 g/mol. The topological polar surface area (TPSA) is 90.0 Å². The van der Waals surface area contributed by atoms with E-state index in [1.807, 2.05) is 0 Å². The molecule has 0 unspecified atom stereocenters. The summed E-state index contributed by atoms with van der Waals surface area (Å²) in [5.74, 6) is 0. The van der Waals surface area contributed by atoms with E-state index in [2.05, 4.69) is 153 Å². The van der Waals surface area contributed by atoms with Crippen LogP contribution in [0.15, 0.2) is 91.0 Å². The van der Waals surface area contributed by atoms with Crippen molar-refractivity contribution in [1.29, 1.82) is 0 Å². The second-order valence-corrected chi connectivity index (χ2v) is 11.8. The molecule has 0 fully saturated rings. The molecule has 0 heterocycles. The molecule has 3 aromatic rings. The lowest BCUT2D eigenvalue weighted by atomic mass is 10.2. The van der Waals surface area contributed by atoms with Crippen LogP contribution in [0.3, 0.4) is 0 Å². The van der Waals surface area contributed by atoms with Crippen LogP contribution in [0.4, 0.5) is 0 Å². The van der Waals surface area contributed by atoms with Crippen LogP contribution in [0, 0.1) is 0 Å². The minimum absolute atomic E-state index is 0. The van der Waals surface area contributed by atoms with E-state index in [9.17, 15) is 0 Å². The van der Waals surface area contributed by atoms with Crippen molar-refractivity contribution >= 4 is 0 Å². The summed E-state index contributed by atoms with van der Waals surface area (Å²) in [6.07, 6.45) is 0. The fourth-order valence-electron chi connectivity index (χ4n) is 5.93. The lowest BCUT2D eigenvalue weighted by molar-refractivity contribution is -0.936. The van der Waals surface area contributed by atoms with Crippen molar-refractivity contribution in [2.45, 2.75) is 81.9 Å². The molecule has 0 amide bonds. The molecule has 0 saturated heterocycles. The zero-order valence-electron chi connectivity index (χ0n) is 30.3. The highest BCUT2D eigenvalue weighted by molar-refractivity contribution is 5.14. The molecule has 0 atom stereocenters. The normalized spacial score (nSPS) is 10.9. The number of hydrogen-bond donors (Lipinski definition) is 0. The quantitative estimate of drug-likeness (QED) is 0.158. The Labute approximate surface area is 278 Å². The third-order valence-corrected chi connectivity index (χ3v) is 10.1. The first-order valence-corrected chi connectivity index (χ1v) is 17.0. The van der Waals surface area contributed by atoms with Gasteiger partial charge in [-0.1, -0.05) is 91.0 Å². The van der Waals surface area contributed by atoms with Crippen molar-refractivity contribution in [2.24, 2.45) is 0 Å². The van der Waals surface area contributed by atoms with Crippen LogP contribution in [0.25, 0.3) is 0 Å². The van der Waals surface area contributed by atoms with Gasteiger partial charge in [-0.25, -0.2) is 0 Å². The SMILES string of the molecule is CC[N+](CC)(CC)Cc1ccccc1.CC[N+](CC)(CC)Cc1ccccc1.CC[N+](CC)(CC)Cc1ccccc1.[OH-].[OH-].[OH-]. The van der Waals surface area contributed by atoms with Gasteiger partial charge in [0.1, 0.15) is 19.6 Å². The number of rotatable bonds is 15. The molecule has 258 valence electrons. The van der Waals surface area contributed by atoms with Gasteiger partial charge in [-0.05, 0) is 62.3 Å². The fraction of sp³-hybridized carbons (Fsp3) is 0.538. The van der Waals surface area contributed by atoms with Gasteiger partial charge in [0.25, 0.3) is 0 Å². The first kappa shape index (κ1) is 46.8. The molecule has 3 aromatic carbocycles. The first-order valence-electron chi connectivity index (χ1n) is 17.0. The Morgan fingerprint density at radius 2 is 0.444 bits per heavy atom. The smallest absolute Gasteiger partial charge is 0.104 e. The molecule has 3 N–H and O–H groups in total. The third-order valence-electron chi connectivity index (χ3n) is 10.1. The second kappa shape index (κ2) is 25.6. The van der Waals surface area contributed by atoms with E-state index >= 15 is 0 Å². The van der Waals surface area contributed by atoms with E-state index in [4.69, 9.17) is 0 Å². The van der Waals surface area contributed by atoms with E-state index in [1.165, 1.54) is 109 Å². The summed E-state index contributed by atoms with van der Waals surface area (Å²) in [5, 5.41) is 0. The van der Waals surface area contributed by atoms with Crippen molar-refractivity contribution in [3.8, 4) is 0 Å². The Balaban J connectivity index is -0.000000569. The zero-order valence-corrected chi connectivity index (χ0v) is 30.3. The van der Waals surface area contributed by atoms with Crippen LogP contribution in [0.2, 0.25) is 0 Å². The summed E-state index contributed by atoms with van der Waals surface area (Å²) < 4.78 is 3.60. The molecule has 0 aliphatic rings. The molecule has 0 bridgehead atoms. The van der Waals surface area contributed by atoms with Crippen LogP contribution >= 0.6 is 0 Å². The number of quaternary nitrogens is 3. The zero-order chi connectivity index (χ0) is 31.3. The molecule has 6 nitrogen and oxygen atoms in total. The Bertz CT molecular complexity index is 875. The van der Waals surface area contributed by atoms with Gasteiger partial charge in [0.2, 0.25) is 0 Å². The molecule has 0 aliphatic carbocycles. The highest BCUT2D eigenvalue weighted by Gasteiger charge is 2.22. The van der Waals surface area contributed by atoms with Crippen molar-refractivity contribution in [3.63, 3.8) is 0 Å². The van der Waals surface area contributed by atoms with Crippen molar-refractivity contribution in [3.05, 3.63) is 108 Å². The molecule has 0 aliphatic heterocycles. The largest absolute Gasteiger partial charge is 0.870 e. The summed E-state index contributed by atoms with van der Waals surface area (Å²) in [4.78, 5) is 0. The summed E-state index contributed by atoms with van der Waals surface area (Å²) in [5.41, 5.74) is 4.37. The van der Waals surface area contributed by atoms with Gasteiger partial charge in [-0.15, -0.1) is 0 Å². The van der Waals surface area contributed by atoms with Crippen LogP contribution < -0.4 is 0 Å². The van der Waals surface area contributed by atoms with E-state index in [1.54, 1.807) is 0 Å². The molecule has 0 radical (unpaired) electrons. The minimum Gasteiger partial charge on any atom is -0.870 e. The van der Waals surface area contributed by atoms with Crippen LogP contribution in [0.5, 0.6) is 0 Å².